The van der Waals surface area contributed by atoms with Crippen LogP contribution < -0.4 is 10.6 Å². The standard InChI is InChI=1S/C52H88N2O39/c1-11-23(62)28(67)34(73)48(80-11)89-41-19(9-59)86-47(22(54-14(4)61)43(41)92-51-37(76)31(70)26(65)16(6-56)84-51)93-44-27(66)20(87-52(38(44)77)88-39-17(7-57)82-45(78)33(72)32(39)71)10-79-46-21(53-13(3)60)42(91-49-35(74)29(68)24(63)12(2)81-49)40(18(8-58)85-46)90-50-36(75)30(69)25(64)15(5-55)83-50/h11-12,15-52,55-59,62-78H,5-10H2,1-4H3,(H,53,60)(H,54,61)/t11-,12-,15-,16-,17-,18-,19-,20-,21-,22-,23+,24+,25+,26+,27+,28+,29+,30+,31+,32-,33-,34-,35-,36-,37-,38-,39-,40-,41-,42-,43-,44+,45+,46-,47+,48-,49-,50+,51+,52+/m1/s1. The minimum absolute atomic E-state index is 0.913. The van der Waals surface area contributed by atoms with Gasteiger partial charge in [-0.25, -0.2) is 0 Å². The molecule has 8 fully saturated rings. The second kappa shape index (κ2) is 32.6. The number of carbonyl (C=O) groups is 2. The van der Waals surface area contributed by atoms with Gasteiger partial charge < -0.3 is 194 Å². The summed E-state index contributed by atoms with van der Waals surface area (Å²) < 4.78 is 89.1. The number of ether oxygens (including phenoxy) is 15. The van der Waals surface area contributed by atoms with Gasteiger partial charge in [-0.2, -0.15) is 0 Å². The van der Waals surface area contributed by atoms with Gasteiger partial charge in [0, 0.05) is 13.8 Å². The fourth-order valence-corrected chi connectivity index (χ4v) is 12.1. The lowest BCUT2D eigenvalue weighted by atomic mass is 9.93. The molecule has 8 saturated heterocycles. The van der Waals surface area contributed by atoms with Gasteiger partial charge in [0.15, 0.2) is 50.3 Å². The fourth-order valence-electron chi connectivity index (χ4n) is 12.1. The summed E-state index contributed by atoms with van der Waals surface area (Å²) in [5.41, 5.74) is 0. The molecule has 0 radical (unpaired) electrons. The van der Waals surface area contributed by atoms with E-state index in [1.807, 2.05) is 0 Å². The normalized spacial score (nSPS) is 51.6. The number of hydrogen-bond acceptors (Lipinski definition) is 39. The summed E-state index contributed by atoms with van der Waals surface area (Å²) >= 11 is 0. The molecule has 40 atom stereocenters. The van der Waals surface area contributed by atoms with E-state index in [0.717, 1.165) is 13.8 Å². The van der Waals surface area contributed by atoms with Gasteiger partial charge in [-0.05, 0) is 13.8 Å². The molecule has 0 aliphatic carbocycles. The summed E-state index contributed by atoms with van der Waals surface area (Å²) in [7, 11) is 0. The molecule has 41 heteroatoms. The molecule has 0 aromatic heterocycles. The third-order valence-electron chi connectivity index (χ3n) is 17.4. The first-order valence-electron chi connectivity index (χ1n) is 29.9. The van der Waals surface area contributed by atoms with Crippen molar-refractivity contribution in [2.75, 3.05) is 39.6 Å². The van der Waals surface area contributed by atoms with Crippen LogP contribution in [0, 0.1) is 0 Å². The predicted octanol–water partition coefficient (Wildman–Crippen LogP) is -16.1. The highest BCUT2D eigenvalue weighted by molar-refractivity contribution is 5.73. The molecule has 8 aliphatic rings. The molecule has 93 heavy (non-hydrogen) atoms. The molecule has 540 valence electrons. The minimum Gasteiger partial charge on any atom is -0.394 e. The number of nitrogens with one attached hydrogen (secondary N) is 2. The second-order valence-electron chi connectivity index (χ2n) is 23.9. The fraction of sp³-hybridized carbons (Fsp3) is 0.962. The van der Waals surface area contributed by atoms with Crippen molar-refractivity contribution in [2.24, 2.45) is 0 Å². The average molecular weight is 1370 g/mol. The Kier molecular flexibility index (Phi) is 26.7. The molecule has 0 bridgehead atoms. The minimum atomic E-state index is -2.42. The second-order valence-corrected chi connectivity index (χ2v) is 23.9. The molecule has 8 heterocycles. The van der Waals surface area contributed by atoms with Gasteiger partial charge in [0.05, 0.1) is 51.8 Å². The summed E-state index contributed by atoms with van der Waals surface area (Å²) in [6.45, 7) is -1.88. The van der Waals surface area contributed by atoms with Crippen LogP contribution in [0.1, 0.15) is 27.7 Å². The Morgan fingerprint density at radius 2 is 0.624 bits per heavy atom. The number of rotatable bonds is 22. The van der Waals surface area contributed by atoms with Crippen molar-refractivity contribution in [1.82, 2.24) is 10.6 Å². The number of aliphatic hydroxyl groups excluding tert-OH is 22. The van der Waals surface area contributed by atoms with Crippen LogP contribution in [0.25, 0.3) is 0 Å². The molecule has 0 aromatic carbocycles. The smallest absolute Gasteiger partial charge is 0.217 e. The maximum atomic E-state index is 13.3. The average Bonchev–Trinajstić information content (AvgIpc) is 0.773. The van der Waals surface area contributed by atoms with E-state index in [1.165, 1.54) is 13.8 Å². The predicted molar refractivity (Wildman–Crippen MR) is 285 cm³/mol. The van der Waals surface area contributed by atoms with Crippen LogP contribution in [0.15, 0.2) is 0 Å². The Bertz CT molecular complexity index is 2350. The van der Waals surface area contributed by atoms with E-state index in [0.29, 0.717) is 0 Å². The number of amides is 2. The Hall–Kier alpha value is -2.54. The summed E-state index contributed by atoms with van der Waals surface area (Å²) in [4.78, 5) is 26.5. The number of hydrogen-bond donors (Lipinski definition) is 24. The van der Waals surface area contributed by atoms with Crippen molar-refractivity contribution in [3.05, 3.63) is 0 Å². The van der Waals surface area contributed by atoms with Crippen LogP contribution in [-0.2, 0) is 80.6 Å². The monoisotopic (exact) mass is 1360 g/mol. The molecule has 41 nitrogen and oxygen atoms in total. The van der Waals surface area contributed by atoms with Gasteiger partial charge in [0.1, 0.15) is 183 Å². The van der Waals surface area contributed by atoms with E-state index in [9.17, 15) is 122 Å². The molecule has 8 rings (SSSR count). The van der Waals surface area contributed by atoms with Crippen LogP contribution in [0.2, 0.25) is 0 Å². The molecule has 0 unspecified atom stereocenters. The van der Waals surface area contributed by atoms with E-state index in [-0.39, 0.29) is 0 Å². The zero-order chi connectivity index (χ0) is 68.5. The van der Waals surface area contributed by atoms with Crippen molar-refractivity contribution in [1.29, 1.82) is 0 Å². The zero-order valence-electron chi connectivity index (χ0n) is 50.1. The summed E-state index contributed by atoms with van der Waals surface area (Å²) in [5, 5.41) is 244. The number of aliphatic hydroxyl groups is 22. The molecular formula is C52H88N2O39. The Morgan fingerprint density at radius 1 is 0.301 bits per heavy atom. The topological polar surface area (TPSA) is 642 Å². The first kappa shape index (κ1) is 76.2. The third-order valence-corrected chi connectivity index (χ3v) is 17.4. The highest BCUT2D eigenvalue weighted by Gasteiger charge is 2.60. The van der Waals surface area contributed by atoms with Gasteiger partial charge in [-0.15, -0.1) is 0 Å². The van der Waals surface area contributed by atoms with Gasteiger partial charge in [-0.1, -0.05) is 0 Å². The lowest BCUT2D eigenvalue weighted by Gasteiger charge is -2.52. The van der Waals surface area contributed by atoms with Gasteiger partial charge in [0.25, 0.3) is 0 Å². The van der Waals surface area contributed by atoms with Gasteiger partial charge in [-0.3, -0.25) is 9.59 Å². The zero-order valence-corrected chi connectivity index (χ0v) is 50.1. The Morgan fingerprint density at radius 3 is 1.04 bits per heavy atom. The van der Waals surface area contributed by atoms with E-state index in [1.54, 1.807) is 0 Å². The van der Waals surface area contributed by atoms with Crippen molar-refractivity contribution >= 4 is 11.8 Å². The first-order chi connectivity index (χ1) is 43.9. The maximum Gasteiger partial charge on any atom is 0.217 e. The molecule has 0 saturated carbocycles. The largest absolute Gasteiger partial charge is 0.394 e. The molecule has 2 amide bonds. The lowest BCUT2D eigenvalue weighted by Crippen LogP contribution is -2.71. The van der Waals surface area contributed by atoms with Crippen molar-refractivity contribution in [3.63, 3.8) is 0 Å². The molecule has 0 spiro atoms. The van der Waals surface area contributed by atoms with Crippen molar-refractivity contribution < 1.29 is 193 Å². The van der Waals surface area contributed by atoms with Crippen LogP contribution in [-0.4, -0.2) is 409 Å². The summed E-state index contributed by atoms with van der Waals surface area (Å²) in [5.74, 6) is -1.88. The van der Waals surface area contributed by atoms with Crippen LogP contribution >= 0.6 is 0 Å². The van der Waals surface area contributed by atoms with E-state index in [2.05, 4.69) is 10.6 Å². The van der Waals surface area contributed by atoms with Crippen LogP contribution in [0.5, 0.6) is 0 Å². The first-order valence-corrected chi connectivity index (χ1v) is 29.9. The quantitative estimate of drug-likeness (QED) is 0.0479. The highest BCUT2D eigenvalue weighted by Crippen LogP contribution is 2.39. The van der Waals surface area contributed by atoms with Gasteiger partial charge >= 0.3 is 0 Å². The maximum absolute atomic E-state index is 13.3. The van der Waals surface area contributed by atoms with Crippen LogP contribution in [0.3, 0.4) is 0 Å². The molecule has 24 N–H and O–H groups in total. The molecule has 0 aromatic rings. The summed E-state index contributed by atoms with van der Waals surface area (Å²) in [6, 6.07) is -3.82. The third kappa shape index (κ3) is 16.4. The summed E-state index contributed by atoms with van der Waals surface area (Å²) in [6.07, 6.45) is -75.1. The highest BCUT2D eigenvalue weighted by atomic mass is 16.8. The molecule has 8 aliphatic heterocycles. The van der Waals surface area contributed by atoms with Gasteiger partial charge in [0.2, 0.25) is 11.8 Å². The Balaban J connectivity index is 1.17. The van der Waals surface area contributed by atoms with Crippen LogP contribution in [0.4, 0.5) is 0 Å². The number of carbonyl (C=O) groups excluding carboxylic acids is 2. The lowest BCUT2D eigenvalue weighted by molar-refractivity contribution is -0.394. The van der Waals surface area contributed by atoms with Crippen molar-refractivity contribution in [2.45, 2.75) is 273 Å². The van der Waals surface area contributed by atoms with E-state index < -0.39 is 297 Å². The van der Waals surface area contributed by atoms with E-state index >= 15 is 0 Å². The van der Waals surface area contributed by atoms with E-state index in [4.69, 9.17) is 71.1 Å². The molecular weight excluding hydrogens is 1280 g/mol. The SMILES string of the molecule is CC(=O)N[C@H]1[C@H](O[C@H]2[C@@H](O)[C@@H](CO[C@@H]3O[C@H](CO)[C@@H](O[C@@H]4O[C@H](CO)[C@H](O)[C@H](O)[C@H]4O)[C@H](O[C@H]4O[C@H](C)[C@H](O)[C@H](O)[C@H]4O)[C@H]3NC(C)=O)O[C@@H](O[C@H]3[C@H](O)[C@@H](O)[C@@H](O)O[C@@H]3CO)[C@@H]2O)O[C@H](CO)[C@@H](O[C@H]2O[C@H](C)[C@H](O)[C@H](O)[C@H]2O)[C@@H]1O[C@@H]1O[C@H](CO)[C@H](O)[C@H](O)[C@H]1O. The van der Waals surface area contributed by atoms with Crippen molar-refractivity contribution in [3.8, 4) is 0 Å². The Labute approximate surface area is 527 Å².